The van der Waals surface area contributed by atoms with Crippen molar-refractivity contribution < 1.29 is 18.0 Å². The molecular weight excluding hydrogens is 309 g/mol. The zero-order chi connectivity index (χ0) is 16.6. The molecule has 2 aliphatic rings. The molecule has 1 fully saturated rings. The lowest BCUT2D eigenvalue weighted by Crippen LogP contribution is -2.31. The van der Waals surface area contributed by atoms with E-state index in [9.17, 15) is 18.0 Å². The lowest BCUT2D eigenvalue weighted by atomic mass is 10.0. The number of hydrogen-bond acceptors (Lipinski definition) is 3. The van der Waals surface area contributed by atoms with Crippen LogP contribution in [-0.2, 0) is 23.9 Å². The minimum atomic E-state index is -4.51. The van der Waals surface area contributed by atoms with Gasteiger partial charge in [0.05, 0.1) is 12.2 Å². The Labute approximate surface area is 132 Å². The van der Waals surface area contributed by atoms with Gasteiger partial charge in [0.15, 0.2) is 5.69 Å². The maximum absolute atomic E-state index is 13.3. The van der Waals surface area contributed by atoms with E-state index in [4.69, 9.17) is 0 Å². The summed E-state index contributed by atoms with van der Waals surface area (Å²) in [6, 6.07) is 0. The zero-order valence-corrected chi connectivity index (χ0v) is 13.1. The van der Waals surface area contributed by atoms with Gasteiger partial charge in [0, 0.05) is 25.9 Å². The molecule has 5 nitrogen and oxygen atoms in total. The molecule has 0 spiro atoms. The summed E-state index contributed by atoms with van der Waals surface area (Å²) in [4.78, 5) is 17.4. The Morgan fingerprint density at radius 1 is 1.39 bits per heavy atom. The molecule has 23 heavy (non-hydrogen) atoms. The van der Waals surface area contributed by atoms with E-state index in [1.165, 1.54) is 9.58 Å². The zero-order valence-electron chi connectivity index (χ0n) is 13.1. The first-order valence-corrected chi connectivity index (χ1v) is 8.09. The minimum Gasteiger partial charge on any atom is -0.336 e. The summed E-state index contributed by atoms with van der Waals surface area (Å²) >= 11 is 0. The second-order valence-electron chi connectivity index (χ2n) is 6.30. The molecule has 1 aromatic rings. The van der Waals surface area contributed by atoms with Crippen molar-refractivity contribution >= 4 is 5.91 Å². The molecule has 1 saturated heterocycles. The Balaban J connectivity index is 1.87. The third-order valence-corrected chi connectivity index (χ3v) is 4.49. The molecule has 1 amide bonds. The Morgan fingerprint density at radius 3 is 2.87 bits per heavy atom. The number of halogens is 3. The van der Waals surface area contributed by atoms with E-state index < -0.39 is 11.9 Å². The van der Waals surface area contributed by atoms with Crippen LogP contribution in [0.25, 0.3) is 0 Å². The number of amides is 1. The highest BCUT2D eigenvalue weighted by molar-refractivity contribution is 5.78. The number of rotatable bonds is 4. The van der Waals surface area contributed by atoms with Gasteiger partial charge in [-0.05, 0) is 18.8 Å². The molecule has 3 rings (SSSR count). The molecule has 0 saturated carbocycles. The van der Waals surface area contributed by atoms with Gasteiger partial charge in [-0.3, -0.25) is 4.79 Å². The van der Waals surface area contributed by atoms with Gasteiger partial charge >= 0.3 is 6.18 Å². The highest BCUT2D eigenvalue weighted by Gasteiger charge is 2.41. The number of aromatic nitrogens is 2. The molecule has 1 N–H and O–H groups in total. The monoisotopic (exact) mass is 330 g/mol. The van der Waals surface area contributed by atoms with Gasteiger partial charge in [-0.25, -0.2) is 9.66 Å². The van der Waals surface area contributed by atoms with Gasteiger partial charge in [0.25, 0.3) is 0 Å². The topological polar surface area (TPSA) is 50.2 Å². The van der Waals surface area contributed by atoms with Crippen LogP contribution in [0.1, 0.15) is 49.8 Å². The van der Waals surface area contributed by atoms with E-state index >= 15 is 0 Å². The lowest BCUT2D eigenvalue weighted by molar-refractivity contribution is -0.142. The number of carbonyl (C=O) groups excluding carboxylic acids is 1. The lowest BCUT2D eigenvalue weighted by Gasteiger charge is -2.22. The Kier molecular flexibility index (Phi) is 4.25. The molecular formula is C15H21F3N4O. The highest BCUT2D eigenvalue weighted by Crippen LogP contribution is 2.34. The smallest absolute Gasteiger partial charge is 0.336 e. The van der Waals surface area contributed by atoms with Crippen molar-refractivity contribution in [2.45, 2.75) is 51.7 Å². The molecule has 128 valence electrons. The van der Waals surface area contributed by atoms with Crippen molar-refractivity contribution in [3.8, 4) is 0 Å². The fourth-order valence-corrected chi connectivity index (χ4v) is 3.46. The molecule has 8 heteroatoms. The number of hydrogen-bond donors (Lipinski definition) is 1. The van der Waals surface area contributed by atoms with Crippen LogP contribution in [-0.4, -0.2) is 33.6 Å². The number of fused-ring (bicyclic) bond motifs is 1. The maximum Gasteiger partial charge on any atom is 0.435 e. The Hall–Kier alpha value is -1.73. The standard InChI is InChI=1S/C15H21F3N4O/c1-2-4-10-7-13(23)21(8-10)9-11-14(15(16,17)18)20-12-5-3-6-19-22(11)12/h10,19H,2-9H2,1H3. The second-order valence-corrected chi connectivity index (χ2v) is 6.30. The van der Waals surface area contributed by atoms with Crippen LogP contribution in [0.3, 0.4) is 0 Å². The van der Waals surface area contributed by atoms with Crippen LogP contribution >= 0.6 is 0 Å². The number of likely N-dealkylation sites (tertiary alicyclic amines) is 1. The second kappa shape index (κ2) is 6.05. The predicted octanol–water partition coefficient (Wildman–Crippen LogP) is 2.54. The third-order valence-electron chi connectivity index (χ3n) is 4.49. The molecule has 0 bridgehead atoms. The molecule has 0 aliphatic carbocycles. The largest absolute Gasteiger partial charge is 0.435 e. The first-order valence-electron chi connectivity index (χ1n) is 8.09. The molecule has 1 aromatic heterocycles. The van der Waals surface area contributed by atoms with Gasteiger partial charge in [-0.15, -0.1) is 0 Å². The molecule has 1 unspecified atom stereocenters. The first kappa shape index (κ1) is 16.1. The molecule has 2 aliphatic heterocycles. The number of carbonyl (C=O) groups is 1. The van der Waals surface area contributed by atoms with Crippen molar-refractivity contribution in [1.82, 2.24) is 14.6 Å². The van der Waals surface area contributed by atoms with Crippen LogP contribution in [0.2, 0.25) is 0 Å². The summed E-state index contributed by atoms with van der Waals surface area (Å²) in [6.45, 7) is 3.16. The fraction of sp³-hybridized carbons (Fsp3) is 0.733. The average molecular weight is 330 g/mol. The highest BCUT2D eigenvalue weighted by atomic mass is 19.4. The number of alkyl halides is 3. The minimum absolute atomic E-state index is 0.0338. The maximum atomic E-state index is 13.3. The van der Waals surface area contributed by atoms with Gasteiger partial charge in [0.2, 0.25) is 5.91 Å². The van der Waals surface area contributed by atoms with Crippen molar-refractivity contribution in [2.24, 2.45) is 5.92 Å². The van der Waals surface area contributed by atoms with Crippen LogP contribution in [0, 0.1) is 5.92 Å². The number of nitrogens with zero attached hydrogens (tertiary/aromatic N) is 3. The predicted molar refractivity (Wildman–Crippen MR) is 78.2 cm³/mol. The number of imidazole rings is 1. The van der Waals surface area contributed by atoms with E-state index in [0.717, 1.165) is 19.3 Å². The molecule has 0 radical (unpaired) electrons. The van der Waals surface area contributed by atoms with Gasteiger partial charge in [-0.2, -0.15) is 13.2 Å². The molecule has 0 aromatic carbocycles. The molecule has 3 heterocycles. The fourth-order valence-electron chi connectivity index (χ4n) is 3.46. The van der Waals surface area contributed by atoms with Crippen LogP contribution < -0.4 is 5.43 Å². The quantitative estimate of drug-likeness (QED) is 0.923. The van der Waals surface area contributed by atoms with E-state index in [1.807, 2.05) is 6.92 Å². The summed E-state index contributed by atoms with van der Waals surface area (Å²) in [5, 5.41) is 0. The van der Waals surface area contributed by atoms with Gasteiger partial charge in [-0.1, -0.05) is 13.3 Å². The van der Waals surface area contributed by atoms with E-state index in [1.54, 1.807) is 0 Å². The van der Waals surface area contributed by atoms with E-state index in [2.05, 4.69) is 10.4 Å². The van der Waals surface area contributed by atoms with Crippen LogP contribution in [0.5, 0.6) is 0 Å². The average Bonchev–Trinajstić information content (AvgIpc) is 3.01. The molecule has 1 atom stereocenters. The van der Waals surface area contributed by atoms with Crippen molar-refractivity contribution in [3.63, 3.8) is 0 Å². The van der Waals surface area contributed by atoms with E-state index in [-0.39, 0.29) is 24.1 Å². The van der Waals surface area contributed by atoms with Crippen molar-refractivity contribution in [3.05, 3.63) is 17.2 Å². The van der Waals surface area contributed by atoms with Crippen LogP contribution in [0.15, 0.2) is 0 Å². The van der Waals surface area contributed by atoms with Gasteiger partial charge in [0.1, 0.15) is 5.82 Å². The Bertz CT molecular complexity index is 596. The number of aryl methyl sites for hydroxylation is 1. The van der Waals surface area contributed by atoms with Crippen molar-refractivity contribution in [1.29, 1.82) is 0 Å². The summed E-state index contributed by atoms with van der Waals surface area (Å²) in [5.74, 6) is 0.580. The summed E-state index contributed by atoms with van der Waals surface area (Å²) in [5.41, 5.74) is 2.15. The number of nitrogens with one attached hydrogen (secondary N) is 1. The summed E-state index contributed by atoms with van der Waals surface area (Å²) in [7, 11) is 0. The SMILES string of the molecule is CCCC1CC(=O)N(Cc2c(C(F)(F)F)nc3n2NCCC3)C1. The van der Waals surface area contributed by atoms with E-state index in [0.29, 0.717) is 31.8 Å². The van der Waals surface area contributed by atoms with Crippen molar-refractivity contribution in [2.75, 3.05) is 18.5 Å². The van der Waals surface area contributed by atoms with Gasteiger partial charge < -0.3 is 10.3 Å². The summed E-state index contributed by atoms with van der Waals surface area (Å²) in [6.07, 6.45) is -0.894. The van der Waals surface area contributed by atoms with Crippen LogP contribution in [0.4, 0.5) is 13.2 Å². The first-order chi connectivity index (χ1) is 10.9. The summed E-state index contributed by atoms with van der Waals surface area (Å²) < 4.78 is 41.3. The third kappa shape index (κ3) is 3.16. The Morgan fingerprint density at radius 2 is 2.17 bits per heavy atom. The normalized spacial score (nSPS) is 21.5.